The number of carbonyl (C=O) groups excluding carboxylic acids is 1. The van der Waals surface area contributed by atoms with Crippen LogP contribution in [0, 0.1) is 6.92 Å². The smallest absolute Gasteiger partial charge is 0.279 e. The normalized spacial score (nSPS) is 15.7. The van der Waals surface area contributed by atoms with Crippen molar-refractivity contribution in [3.05, 3.63) is 77.9 Å². The Kier molecular flexibility index (Phi) is 4.95. The molecule has 4 rings (SSSR count). The molecule has 3 aromatic rings. The lowest BCUT2D eigenvalue weighted by atomic mass is 10.0. The predicted molar refractivity (Wildman–Crippen MR) is 112 cm³/mol. The number of aryl methyl sites for hydroxylation is 1. The van der Waals surface area contributed by atoms with Gasteiger partial charge in [0.2, 0.25) is 0 Å². The summed E-state index contributed by atoms with van der Waals surface area (Å²) in [5, 5.41) is 5.51. The molecule has 1 heterocycles. The van der Waals surface area contributed by atoms with Gasteiger partial charge in [0.25, 0.3) is 5.91 Å². The van der Waals surface area contributed by atoms with Crippen LogP contribution in [0.25, 0.3) is 10.8 Å². The minimum atomic E-state index is 0.118. The third-order valence-electron chi connectivity index (χ3n) is 5.76. The molecule has 27 heavy (non-hydrogen) atoms. The maximum absolute atomic E-state index is 13.0. The molecule has 138 valence electrons. The van der Waals surface area contributed by atoms with E-state index in [-0.39, 0.29) is 5.91 Å². The molecule has 3 heteroatoms. The lowest BCUT2D eigenvalue weighted by Crippen LogP contribution is -2.49. The number of amides is 1. The number of carbonyl (C=O) groups is 1. The van der Waals surface area contributed by atoms with Gasteiger partial charge in [0.05, 0.1) is 18.8 Å². The van der Waals surface area contributed by atoms with Gasteiger partial charge >= 0.3 is 0 Å². The Hall–Kier alpha value is -2.65. The minimum absolute atomic E-state index is 0.118. The molecule has 0 unspecified atom stereocenters. The van der Waals surface area contributed by atoms with Crippen LogP contribution in [-0.2, 0) is 11.3 Å². The fourth-order valence-electron chi connectivity index (χ4n) is 4.38. The van der Waals surface area contributed by atoms with Crippen molar-refractivity contribution in [2.45, 2.75) is 26.3 Å². The first kappa shape index (κ1) is 17.7. The molecule has 0 bridgehead atoms. The molecule has 3 nitrogen and oxygen atoms in total. The lowest BCUT2D eigenvalue weighted by Gasteiger charge is -2.33. The van der Waals surface area contributed by atoms with E-state index >= 15 is 0 Å². The summed E-state index contributed by atoms with van der Waals surface area (Å²) in [4.78, 5) is 13.0. The summed E-state index contributed by atoms with van der Waals surface area (Å²) in [6, 6.07) is 23.0. The molecular weight excluding hydrogens is 332 g/mol. The van der Waals surface area contributed by atoms with Crippen LogP contribution in [0.5, 0.6) is 0 Å². The fourth-order valence-corrected chi connectivity index (χ4v) is 4.38. The highest BCUT2D eigenvalue weighted by molar-refractivity contribution is 6.03. The molecule has 0 atom stereocenters. The largest absolute Gasteiger partial charge is 0.320 e. The zero-order valence-electron chi connectivity index (χ0n) is 15.9. The first-order valence-electron chi connectivity index (χ1n) is 9.82. The van der Waals surface area contributed by atoms with E-state index < -0.39 is 0 Å². The molecule has 0 aliphatic carbocycles. The molecule has 3 aromatic carbocycles. The van der Waals surface area contributed by atoms with Crippen molar-refractivity contribution < 1.29 is 9.28 Å². The first-order valence-corrected chi connectivity index (χ1v) is 9.82. The Morgan fingerprint density at radius 3 is 2.41 bits per heavy atom. The molecule has 0 saturated carbocycles. The van der Waals surface area contributed by atoms with E-state index in [1.54, 1.807) is 0 Å². The van der Waals surface area contributed by atoms with Gasteiger partial charge < -0.3 is 9.80 Å². The molecule has 1 N–H and O–H groups in total. The monoisotopic (exact) mass is 359 g/mol. The average Bonchev–Trinajstić information content (AvgIpc) is 3.12. The second-order valence-corrected chi connectivity index (χ2v) is 7.82. The number of likely N-dealkylation sites (tertiary alicyclic amines) is 1. The SMILES string of the molecule is Cc1ccc2ccccc2c1NC(=O)C[N+]1(Cc2ccccc2)CCCC1. The summed E-state index contributed by atoms with van der Waals surface area (Å²) in [6.07, 6.45) is 2.40. The summed E-state index contributed by atoms with van der Waals surface area (Å²) in [5.41, 5.74) is 3.38. The average molecular weight is 359 g/mol. The Morgan fingerprint density at radius 1 is 0.926 bits per heavy atom. The highest BCUT2D eigenvalue weighted by Gasteiger charge is 2.34. The van der Waals surface area contributed by atoms with Crippen molar-refractivity contribution in [1.29, 1.82) is 0 Å². The molecule has 1 fully saturated rings. The van der Waals surface area contributed by atoms with Gasteiger partial charge in [-0.2, -0.15) is 0 Å². The maximum atomic E-state index is 13.0. The number of nitrogens with zero attached hydrogens (tertiary/aromatic N) is 1. The van der Waals surface area contributed by atoms with Crippen LogP contribution in [0.1, 0.15) is 24.0 Å². The molecule has 1 aliphatic heterocycles. The first-order chi connectivity index (χ1) is 13.2. The van der Waals surface area contributed by atoms with E-state index in [0.717, 1.165) is 46.1 Å². The molecule has 1 aliphatic rings. The molecule has 0 radical (unpaired) electrons. The van der Waals surface area contributed by atoms with E-state index in [4.69, 9.17) is 0 Å². The van der Waals surface area contributed by atoms with E-state index in [1.165, 1.54) is 18.4 Å². The van der Waals surface area contributed by atoms with Gasteiger partial charge in [-0.15, -0.1) is 0 Å². The van der Waals surface area contributed by atoms with Gasteiger partial charge in [0.1, 0.15) is 6.54 Å². The Morgan fingerprint density at radius 2 is 1.63 bits per heavy atom. The Labute approximate surface area is 161 Å². The molecule has 0 spiro atoms. The van der Waals surface area contributed by atoms with Crippen LogP contribution in [0.3, 0.4) is 0 Å². The van der Waals surface area contributed by atoms with Crippen molar-refractivity contribution in [3.8, 4) is 0 Å². The number of hydrogen-bond acceptors (Lipinski definition) is 1. The zero-order valence-corrected chi connectivity index (χ0v) is 15.9. The molecule has 0 aromatic heterocycles. The summed E-state index contributed by atoms with van der Waals surface area (Å²) < 4.78 is 0.861. The van der Waals surface area contributed by atoms with Gasteiger partial charge in [0.15, 0.2) is 6.54 Å². The van der Waals surface area contributed by atoms with Crippen LogP contribution >= 0.6 is 0 Å². The third kappa shape index (κ3) is 3.88. The number of benzene rings is 3. The van der Waals surface area contributed by atoms with Crippen molar-refractivity contribution >= 4 is 22.4 Å². The number of quaternary nitrogens is 1. The van der Waals surface area contributed by atoms with Gasteiger partial charge in [0, 0.05) is 23.8 Å². The predicted octanol–water partition coefficient (Wildman–Crippen LogP) is 4.90. The van der Waals surface area contributed by atoms with E-state index in [9.17, 15) is 4.79 Å². The Balaban J connectivity index is 1.55. The highest BCUT2D eigenvalue weighted by Crippen LogP contribution is 2.28. The van der Waals surface area contributed by atoms with Gasteiger partial charge in [-0.1, -0.05) is 66.7 Å². The third-order valence-corrected chi connectivity index (χ3v) is 5.76. The van der Waals surface area contributed by atoms with Crippen molar-refractivity contribution in [2.24, 2.45) is 0 Å². The molecule has 1 amide bonds. The van der Waals surface area contributed by atoms with E-state index in [2.05, 4.69) is 60.8 Å². The molecule has 1 saturated heterocycles. The number of hydrogen-bond donors (Lipinski definition) is 1. The summed E-state index contributed by atoms with van der Waals surface area (Å²) in [6.45, 7) is 5.69. The fraction of sp³-hybridized carbons (Fsp3) is 0.292. The number of rotatable bonds is 5. The van der Waals surface area contributed by atoms with Gasteiger partial charge in [-0.05, 0) is 17.9 Å². The zero-order chi connectivity index (χ0) is 18.7. The molecular formula is C24H27N2O+. The van der Waals surface area contributed by atoms with E-state index in [0.29, 0.717) is 6.54 Å². The summed E-state index contributed by atoms with van der Waals surface area (Å²) in [7, 11) is 0. The minimum Gasteiger partial charge on any atom is -0.320 e. The second kappa shape index (κ2) is 7.53. The van der Waals surface area contributed by atoms with Crippen molar-refractivity contribution in [2.75, 3.05) is 25.0 Å². The highest BCUT2D eigenvalue weighted by atomic mass is 16.2. The van der Waals surface area contributed by atoms with E-state index in [1.807, 2.05) is 18.2 Å². The number of nitrogens with one attached hydrogen (secondary N) is 1. The summed E-state index contributed by atoms with van der Waals surface area (Å²) in [5.74, 6) is 0.118. The number of fused-ring (bicyclic) bond motifs is 1. The number of anilines is 1. The quantitative estimate of drug-likeness (QED) is 0.645. The second-order valence-electron chi connectivity index (χ2n) is 7.82. The van der Waals surface area contributed by atoms with Crippen molar-refractivity contribution in [1.82, 2.24) is 0 Å². The maximum Gasteiger partial charge on any atom is 0.279 e. The lowest BCUT2D eigenvalue weighted by molar-refractivity contribution is -0.922. The van der Waals surface area contributed by atoms with Gasteiger partial charge in [-0.3, -0.25) is 4.79 Å². The topological polar surface area (TPSA) is 29.1 Å². The van der Waals surface area contributed by atoms with Crippen LogP contribution in [-0.4, -0.2) is 30.0 Å². The van der Waals surface area contributed by atoms with Crippen LogP contribution < -0.4 is 5.32 Å². The Bertz CT molecular complexity index is 943. The standard InChI is InChI=1S/C24H26N2O/c1-19-13-14-21-11-5-6-12-22(21)24(19)25-23(27)18-26(15-7-8-16-26)17-20-9-3-2-4-10-20/h2-6,9-14H,7-8,15-18H2,1H3/p+1. The van der Waals surface area contributed by atoms with Crippen molar-refractivity contribution in [3.63, 3.8) is 0 Å². The van der Waals surface area contributed by atoms with Gasteiger partial charge in [-0.25, -0.2) is 0 Å². The summed E-state index contributed by atoms with van der Waals surface area (Å²) >= 11 is 0. The van der Waals surface area contributed by atoms with Crippen LogP contribution in [0.15, 0.2) is 66.7 Å². The van der Waals surface area contributed by atoms with Crippen LogP contribution in [0.4, 0.5) is 5.69 Å². The van der Waals surface area contributed by atoms with Crippen LogP contribution in [0.2, 0.25) is 0 Å².